The van der Waals surface area contributed by atoms with Gasteiger partial charge in [-0.15, -0.1) is 0 Å². The summed E-state index contributed by atoms with van der Waals surface area (Å²) < 4.78 is 5.31. The largest absolute Gasteiger partial charge is 0.482 e. The Kier molecular flexibility index (Phi) is 4.04. The molecule has 2 rings (SSSR count). The first kappa shape index (κ1) is 13.4. The molecule has 0 fully saturated rings. The van der Waals surface area contributed by atoms with E-state index in [1.165, 1.54) is 12.1 Å². The molecule has 5 nitrogen and oxygen atoms in total. The van der Waals surface area contributed by atoms with Gasteiger partial charge in [0.15, 0.2) is 6.61 Å². The summed E-state index contributed by atoms with van der Waals surface area (Å²) in [4.78, 5) is 24.4. The summed E-state index contributed by atoms with van der Waals surface area (Å²) in [5.41, 5.74) is 0.832. The number of fused-ring (bicyclic) bond motifs is 1. The topological polar surface area (TPSA) is 66.8 Å². The number of amides is 1. The Balaban J connectivity index is 2.23. The minimum Gasteiger partial charge on any atom is -0.482 e. The molecule has 5 heteroatoms. The Morgan fingerprint density at radius 1 is 1.42 bits per heavy atom. The number of carbonyl (C=O) groups excluding carboxylic acids is 1. The van der Waals surface area contributed by atoms with Crippen LogP contribution in [0.4, 0.5) is 5.69 Å². The minimum absolute atomic E-state index is 0.0256. The molecule has 1 aromatic carbocycles. The Morgan fingerprint density at radius 2 is 2.21 bits per heavy atom. The molecular formula is C14H17NO4. The quantitative estimate of drug-likeness (QED) is 0.828. The average molecular weight is 263 g/mol. The van der Waals surface area contributed by atoms with Crippen LogP contribution in [0.3, 0.4) is 0 Å². The molecule has 0 saturated carbocycles. The fourth-order valence-electron chi connectivity index (χ4n) is 2.10. The van der Waals surface area contributed by atoms with Gasteiger partial charge in [-0.25, -0.2) is 4.79 Å². The molecule has 1 heterocycles. The normalized spacial score (nSPS) is 13.9. The molecule has 0 aliphatic carbocycles. The van der Waals surface area contributed by atoms with Crippen molar-refractivity contribution >= 4 is 17.6 Å². The van der Waals surface area contributed by atoms with Gasteiger partial charge in [-0.2, -0.15) is 0 Å². The Morgan fingerprint density at radius 3 is 2.89 bits per heavy atom. The molecule has 0 atom stereocenters. The van der Waals surface area contributed by atoms with E-state index in [0.29, 0.717) is 18.0 Å². The van der Waals surface area contributed by atoms with Gasteiger partial charge in [-0.05, 0) is 24.6 Å². The first-order valence-electron chi connectivity index (χ1n) is 6.44. The van der Waals surface area contributed by atoms with E-state index in [2.05, 4.69) is 6.92 Å². The van der Waals surface area contributed by atoms with E-state index in [1.54, 1.807) is 11.0 Å². The molecule has 0 unspecified atom stereocenters. The van der Waals surface area contributed by atoms with Crippen LogP contribution in [0, 0.1) is 0 Å². The molecule has 0 spiro atoms. The Labute approximate surface area is 111 Å². The summed E-state index contributed by atoms with van der Waals surface area (Å²) in [7, 11) is 0. The van der Waals surface area contributed by atoms with Crippen molar-refractivity contribution in [3.05, 3.63) is 23.8 Å². The zero-order chi connectivity index (χ0) is 13.8. The minimum atomic E-state index is -0.999. The summed E-state index contributed by atoms with van der Waals surface area (Å²) in [6.07, 6.45) is 3.08. The Hall–Kier alpha value is -2.04. The van der Waals surface area contributed by atoms with E-state index >= 15 is 0 Å². The number of aromatic carboxylic acids is 1. The van der Waals surface area contributed by atoms with Crippen LogP contribution in [0.5, 0.6) is 5.75 Å². The first-order chi connectivity index (χ1) is 9.13. The SMILES string of the molecule is CCCCCN1C(=O)COc2cc(C(=O)O)ccc21. The van der Waals surface area contributed by atoms with Gasteiger partial charge in [0.05, 0.1) is 11.3 Å². The molecule has 1 aliphatic heterocycles. The van der Waals surface area contributed by atoms with Crippen molar-refractivity contribution in [2.24, 2.45) is 0 Å². The van der Waals surface area contributed by atoms with Gasteiger partial charge in [0.2, 0.25) is 0 Å². The van der Waals surface area contributed by atoms with Crippen LogP contribution < -0.4 is 9.64 Å². The van der Waals surface area contributed by atoms with Crippen LogP contribution in [0.1, 0.15) is 36.5 Å². The van der Waals surface area contributed by atoms with E-state index in [4.69, 9.17) is 9.84 Å². The molecule has 102 valence electrons. The average Bonchev–Trinajstić information content (AvgIpc) is 2.40. The lowest BCUT2D eigenvalue weighted by molar-refractivity contribution is -0.121. The fraction of sp³-hybridized carbons (Fsp3) is 0.429. The maximum atomic E-state index is 11.9. The van der Waals surface area contributed by atoms with E-state index in [0.717, 1.165) is 19.3 Å². The van der Waals surface area contributed by atoms with Crippen LogP contribution in [-0.2, 0) is 4.79 Å². The highest BCUT2D eigenvalue weighted by atomic mass is 16.5. The summed E-state index contributed by atoms with van der Waals surface area (Å²) in [5.74, 6) is -0.608. The van der Waals surface area contributed by atoms with Gasteiger partial charge < -0.3 is 14.7 Å². The smallest absolute Gasteiger partial charge is 0.335 e. The van der Waals surface area contributed by atoms with Crippen LogP contribution in [0.2, 0.25) is 0 Å². The molecule has 0 radical (unpaired) electrons. The maximum Gasteiger partial charge on any atom is 0.335 e. The van der Waals surface area contributed by atoms with Crippen molar-refractivity contribution in [2.75, 3.05) is 18.1 Å². The third-order valence-corrected chi connectivity index (χ3v) is 3.14. The van der Waals surface area contributed by atoms with Crippen molar-refractivity contribution in [1.29, 1.82) is 0 Å². The second-order valence-electron chi connectivity index (χ2n) is 4.53. The van der Waals surface area contributed by atoms with E-state index in [-0.39, 0.29) is 18.1 Å². The van der Waals surface area contributed by atoms with Crippen LogP contribution >= 0.6 is 0 Å². The summed E-state index contributed by atoms with van der Waals surface area (Å²) in [6.45, 7) is 2.73. The van der Waals surface area contributed by atoms with Gasteiger partial charge in [0.25, 0.3) is 5.91 Å². The number of ether oxygens (including phenoxy) is 1. The van der Waals surface area contributed by atoms with Gasteiger partial charge >= 0.3 is 5.97 Å². The second kappa shape index (κ2) is 5.73. The summed E-state index contributed by atoms with van der Waals surface area (Å²) in [6, 6.07) is 4.61. The third-order valence-electron chi connectivity index (χ3n) is 3.14. The molecular weight excluding hydrogens is 246 g/mol. The van der Waals surface area contributed by atoms with Gasteiger partial charge in [-0.1, -0.05) is 19.8 Å². The van der Waals surface area contributed by atoms with E-state index < -0.39 is 5.97 Å². The highest BCUT2D eigenvalue weighted by molar-refractivity contribution is 5.99. The van der Waals surface area contributed by atoms with Crippen molar-refractivity contribution in [3.8, 4) is 5.75 Å². The van der Waals surface area contributed by atoms with Gasteiger partial charge in [0, 0.05) is 6.54 Å². The summed E-state index contributed by atoms with van der Waals surface area (Å²) in [5, 5.41) is 8.94. The standard InChI is InChI=1S/C14H17NO4/c1-2-3-4-7-15-11-6-5-10(14(17)18)8-12(11)19-9-13(15)16/h5-6,8H,2-4,7,9H2,1H3,(H,17,18). The van der Waals surface area contributed by atoms with E-state index in [1.807, 2.05) is 0 Å². The molecule has 0 saturated heterocycles. The molecule has 1 aliphatic rings. The number of nitrogens with zero attached hydrogens (tertiary/aromatic N) is 1. The lowest BCUT2D eigenvalue weighted by atomic mass is 10.1. The van der Waals surface area contributed by atoms with E-state index in [9.17, 15) is 9.59 Å². The number of benzene rings is 1. The maximum absolute atomic E-state index is 11.9. The molecule has 0 bridgehead atoms. The number of carboxylic acid groups (broad SMARTS) is 1. The van der Waals surface area contributed by atoms with Crippen molar-refractivity contribution < 1.29 is 19.4 Å². The first-order valence-corrected chi connectivity index (χ1v) is 6.44. The predicted molar refractivity (Wildman–Crippen MR) is 70.8 cm³/mol. The molecule has 1 N–H and O–H groups in total. The van der Waals surface area contributed by atoms with Crippen molar-refractivity contribution in [2.45, 2.75) is 26.2 Å². The number of hydrogen-bond donors (Lipinski definition) is 1. The Bertz CT molecular complexity index is 498. The highest BCUT2D eigenvalue weighted by Gasteiger charge is 2.25. The predicted octanol–water partition coefficient (Wildman–Crippen LogP) is 2.30. The fourth-order valence-corrected chi connectivity index (χ4v) is 2.10. The molecule has 0 aromatic heterocycles. The second-order valence-corrected chi connectivity index (χ2v) is 4.53. The number of hydrogen-bond acceptors (Lipinski definition) is 3. The molecule has 1 amide bonds. The van der Waals surface area contributed by atoms with Crippen LogP contribution in [0.25, 0.3) is 0 Å². The summed E-state index contributed by atoms with van der Waals surface area (Å²) >= 11 is 0. The monoisotopic (exact) mass is 263 g/mol. The van der Waals surface area contributed by atoms with Gasteiger partial charge in [0.1, 0.15) is 5.75 Å². The number of rotatable bonds is 5. The van der Waals surface area contributed by atoms with Crippen LogP contribution in [0.15, 0.2) is 18.2 Å². The lowest BCUT2D eigenvalue weighted by Crippen LogP contribution is -2.39. The third kappa shape index (κ3) is 2.86. The van der Waals surface area contributed by atoms with Crippen molar-refractivity contribution in [1.82, 2.24) is 0 Å². The zero-order valence-electron chi connectivity index (χ0n) is 10.9. The number of carbonyl (C=O) groups is 2. The highest BCUT2D eigenvalue weighted by Crippen LogP contribution is 2.33. The van der Waals surface area contributed by atoms with Crippen LogP contribution in [-0.4, -0.2) is 30.1 Å². The molecule has 1 aromatic rings. The number of anilines is 1. The molecule has 19 heavy (non-hydrogen) atoms. The zero-order valence-corrected chi connectivity index (χ0v) is 10.9. The lowest BCUT2D eigenvalue weighted by Gasteiger charge is -2.29. The number of carboxylic acids is 1. The number of unbranched alkanes of at least 4 members (excludes halogenated alkanes) is 2. The van der Waals surface area contributed by atoms with Crippen molar-refractivity contribution in [3.63, 3.8) is 0 Å². The van der Waals surface area contributed by atoms with Gasteiger partial charge in [-0.3, -0.25) is 4.79 Å².